The molecule has 1 amide bonds. The third-order valence-electron chi connectivity index (χ3n) is 5.17. The Labute approximate surface area is 156 Å². The zero-order valence-electron chi connectivity index (χ0n) is 15.3. The molecule has 2 rings (SSSR count). The molecule has 0 aromatic heterocycles. The van der Waals surface area contributed by atoms with Crippen LogP contribution in [0.1, 0.15) is 32.3 Å². The maximum Gasteiger partial charge on any atom is 0.242 e. The van der Waals surface area contributed by atoms with Gasteiger partial charge in [-0.1, -0.05) is 19.9 Å². The molecule has 6 nitrogen and oxygen atoms in total. The predicted octanol–water partition coefficient (Wildman–Crippen LogP) is 2.01. The van der Waals surface area contributed by atoms with Crippen LogP contribution in [0.2, 0.25) is 0 Å². The first-order valence-corrected chi connectivity index (χ1v) is 9.75. The van der Waals surface area contributed by atoms with Gasteiger partial charge in [0.25, 0.3) is 0 Å². The van der Waals surface area contributed by atoms with Crippen LogP contribution >= 0.6 is 12.4 Å². The third kappa shape index (κ3) is 3.69. The first-order valence-electron chi connectivity index (χ1n) is 8.31. The molecule has 0 saturated carbocycles. The van der Waals surface area contributed by atoms with E-state index >= 15 is 0 Å². The van der Waals surface area contributed by atoms with Crippen LogP contribution in [0.3, 0.4) is 0 Å². The fourth-order valence-electron chi connectivity index (χ4n) is 3.16. The van der Waals surface area contributed by atoms with Crippen LogP contribution in [0.15, 0.2) is 23.1 Å². The summed E-state index contributed by atoms with van der Waals surface area (Å²) in [6.07, 6.45) is 2.07. The lowest BCUT2D eigenvalue weighted by atomic mass is 9.81. The van der Waals surface area contributed by atoms with Crippen molar-refractivity contribution in [2.75, 3.05) is 32.1 Å². The lowest BCUT2D eigenvalue weighted by Gasteiger charge is -2.33. The second kappa shape index (κ2) is 8.03. The summed E-state index contributed by atoms with van der Waals surface area (Å²) in [6, 6.07) is 5.03. The fourth-order valence-corrected chi connectivity index (χ4v) is 4.08. The average Bonchev–Trinajstić information content (AvgIpc) is 2.99. The molecule has 0 atom stereocenters. The van der Waals surface area contributed by atoms with Crippen LogP contribution in [-0.2, 0) is 21.2 Å². The number of hydrogen-bond donors (Lipinski definition) is 1. The van der Waals surface area contributed by atoms with E-state index in [1.807, 2.05) is 13.8 Å². The van der Waals surface area contributed by atoms with Crippen LogP contribution in [0.25, 0.3) is 0 Å². The molecule has 0 spiro atoms. The quantitative estimate of drug-likeness (QED) is 0.806. The first kappa shape index (κ1) is 21.9. The van der Waals surface area contributed by atoms with Crippen molar-refractivity contribution in [3.63, 3.8) is 0 Å². The van der Waals surface area contributed by atoms with E-state index in [1.54, 1.807) is 23.1 Å². The molecule has 1 heterocycles. The van der Waals surface area contributed by atoms with Crippen LogP contribution in [-0.4, -0.2) is 45.8 Å². The summed E-state index contributed by atoms with van der Waals surface area (Å²) in [6.45, 7) is 4.80. The van der Waals surface area contributed by atoms with Crippen molar-refractivity contribution in [2.24, 2.45) is 11.1 Å². The smallest absolute Gasteiger partial charge is 0.242 e. The van der Waals surface area contributed by atoms with Crippen LogP contribution in [0, 0.1) is 5.41 Å². The minimum Gasteiger partial charge on any atom is -0.329 e. The number of sulfonamides is 1. The Hall–Kier alpha value is -1.15. The Morgan fingerprint density at radius 3 is 2.36 bits per heavy atom. The molecule has 142 valence electrons. The number of carbonyl (C=O) groups excluding carboxylic acids is 1. The maximum atomic E-state index is 13.1. The van der Waals surface area contributed by atoms with Crippen molar-refractivity contribution >= 4 is 34.0 Å². The van der Waals surface area contributed by atoms with E-state index in [-0.39, 0.29) is 23.2 Å². The Bertz CT molecular complexity index is 722. The average molecular weight is 390 g/mol. The molecule has 0 bridgehead atoms. The molecular formula is C17H28ClN3O3S. The maximum absolute atomic E-state index is 13.1. The minimum atomic E-state index is -3.53. The van der Waals surface area contributed by atoms with Gasteiger partial charge in [0, 0.05) is 32.9 Å². The normalized spacial score (nSPS) is 14.4. The highest BCUT2D eigenvalue weighted by Gasteiger charge is 2.39. The third-order valence-corrected chi connectivity index (χ3v) is 6.99. The standard InChI is InChI=1S/C17H27N3O3S.ClH/c1-5-17(6-2,12-18)16(21)20-10-9-13-7-8-14(11-15(13)20)24(22,23)19(3)4;/h7-8,11H,5-6,9-10,12,18H2,1-4H3;1H. The number of halogens is 1. The molecule has 0 fully saturated rings. The summed E-state index contributed by atoms with van der Waals surface area (Å²) < 4.78 is 25.9. The van der Waals surface area contributed by atoms with Crippen molar-refractivity contribution in [3.8, 4) is 0 Å². The Kier molecular flexibility index (Phi) is 7.03. The molecule has 0 radical (unpaired) electrons. The molecule has 2 N–H and O–H groups in total. The van der Waals surface area contributed by atoms with Crippen molar-refractivity contribution in [1.29, 1.82) is 0 Å². The molecule has 0 unspecified atom stereocenters. The number of nitrogens with two attached hydrogens (primary N) is 1. The van der Waals surface area contributed by atoms with E-state index < -0.39 is 15.4 Å². The summed E-state index contributed by atoms with van der Waals surface area (Å²) in [5, 5.41) is 0. The zero-order valence-corrected chi connectivity index (χ0v) is 16.9. The summed E-state index contributed by atoms with van der Waals surface area (Å²) in [7, 11) is -0.531. The monoisotopic (exact) mass is 389 g/mol. The van der Waals surface area contributed by atoms with Gasteiger partial charge >= 0.3 is 0 Å². The number of benzene rings is 1. The number of hydrogen-bond acceptors (Lipinski definition) is 4. The van der Waals surface area contributed by atoms with Gasteiger partial charge in [0.2, 0.25) is 15.9 Å². The topological polar surface area (TPSA) is 83.7 Å². The van der Waals surface area contributed by atoms with Crippen LogP contribution < -0.4 is 10.6 Å². The van der Waals surface area contributed by atoms with Gasteiger partial charge in [0.1, 0.15) is 0 Å². The first-order chi connectivity index (χ1) is 11.2. The Morgan fingerprint density at radius 2 is 1.88 bits per heavy atom. The van der Waals surface area contributed by atoms with Gasteiger partial charge in [-0.25, -0.2) is 12.7 Å². The van der Waals surface area contributed by atoms with Gasteiger partial charge in [-0.15, -0.1) is 12.4 Å². The predicted molar refractivity (Wildman–Crippen MR) is 103 cm³/mol. The molecule has 1 aromatic carbocycles. The van der Waals surface area contributed by atoms with E-state index in [9.17, 15) is 13.2 Å². The van der Waals surface area contributed by atoms with Gasteiger partial charge in [0.05, 0.1) is 10.3 Å². The summed E-state index contributed by atoms with van der Waals surface area (Å²) >= 11 is 0. The molecular weight excluding hydrogens is 362 g/mol. The number of amides is 1. The van der Waals surface area contributed by atoms with Gasteiger partial charge in [-0.3, -0.25) is 4.79 Å². The summed E-state index contributed by atoms with van der Waals surface area (Å²) in [5.41, 5.74) is 7.02. The molecule has 1 aliphatic rings. The highest BCUT2D eigenvalue weighted by Crippen LogP contribution is 2.36. The molecule has 25 heavy (non-hydrogen) atoms. The number of rotatable bonds is 6. The highest BCUT2D eigenvalue weighted by atomic mass is 35.5. The zero-order chi connectivity index (χ0) is 18.1. The van der Waals surface area contributed by atoms with Crippen LogP contribution in [0.4, 0.5) is 5.69 Å². The Balaban J connectivity index is 0.00000312. The van der Waals surface area contributed by atoms with Crippen molar-refractivity contribution < 1.29 is 13.2 Å². The van der Waals surface area contributed by atoms with E-state index in [0.29, 0.717) is 31.6 Å². The number of anilines is 1. The summed E-state index contributed by atoms with van der Waals surface area (Å²) in [4.78, 5) is 15.0. The molecule has 1 aromatic rings. The molecule has 1 aliphatic heterocycles. The van der Waals surface area contributed by atoms with Crippen molar-refractivity contribution in [1.82, 2.24) is 4.31 Å². The largest absolute Gasteiger partial charge is 0.329 e. The van der Waals surface area contributed by atoms with E-state index in [2.05, 4.69) is 0 Å². The van der Waals surface area contributed by atoms with Gasteiger partial charge in [-0.2, -0.15) is 0 Å². The highest BCUT2D eigenvalue weighted by molar-refractivity contribution is 7.89. The fraction of sp³-hybridized carbons (Fsp3) is 0.588. The number of nitrogens with zero attached hydrogens (tertiary/aromatic N) is 2. The van der Waals surface area contributed by atoms with E-state index in [1.165, 1.54) is 18.4 Å². The van der Waals surface area contributed by atoms with E-state index in [4.69, 9.17) is 5.73 Å². The molecule has 8 heteroatoms. The second-order valence-electron chi connectivity index (χ2n) is 6.48. The second-order valence-corrected chi connectivity index (χ2v) is 8.63. The lowest BCUT2D eigenvalue weighted by Crippen LogP contribution is -2.47. The summed E-state index contributed by atoms with van der Waals surface area (Å²) in [5.74, 6) is -0.00634. The Morgan fingerprint density at radius 1 is 1.28 bits per heavy atom. The number of fused-ring (bicyclic) bond motifs is 1. The number of carbonyl (C=O) groups is 1. The molecule has 0 saturated heterocycles. The minimum absolute atomic E-state index is 0. The SMILES string of the molecule is CCC(CC)(CN)C(=O)N1CCc2ccc(S(=O)(=O)N(C)C)cc21.Cl. The van der Waals surface area contributed by atoms with Gasteiger partial charge < -0.3 is 10.6 Å². The van der Waals surface area contributed by atoms with E-state index in [0.717, 1.165) is 12.0 Å². The van der Waals surface area contributed by atoms with Crippen molar-refractivity contribution in [3.05, 3.63) is 23.8 Å². The van der Waals surface area contributed by atoms with Gasteiger partial charge in [-0.05, 0) is 37.0 Å². The molecule has 0 aliphatic carbocycles. The van der Waals surface area contributed by atoms with Gasteiger partial charge in [0.15, 0.2) is 0 Å². The lowest BCUT2D eigenvalue weighted by molar-refractivity contribution is -0.128. The van der Waals surface area contributed by atoms with Crippen LogP contribution in [0.5, 0.6) is 0 Å². The van der Waals surface area contributed by atoms with Crippen molar-refractivity contribution in [2.45, 2.75) is 38.0 Å².